The molecule has 1 N–H and O–H groups in total. The minimum absolute atomic E-state index is 0. The van der Waals surface area contributed by atoms with Gasteiger partial charge in [-0.3, -0.25) is 9.78 Å². The largest absolute Gasteiger partial charge is 0.333 e. The third-order valence-electron chi connectivity index (χ3n) is 4.13. The van der Waals surface area contributed by atoms with Crippen molar-refractivity contribution >= 4 is 30.7 Å². The van der Waals surface area contributed by atoms with Gasteiger partial charge in [-0.05, 0) is 25.5 Å². The van der Waals surface area contributed by atoms with Crippen LogP contribution in [0.15, 0.2) is 42.7 Å². The molecule has 4 nitrogen and oxygen atoms in total. The van der Waals surface area contributed by atoms with Gasteiger partial charge in [-0.1, -0.05) is 29.8 Å². The number of hydrogen-bond acceptors (Lipinski definition) is 3. The molecule has 0 saturated carbocycles. The molecule has 130 valence electrons. The van der Waals surface area contributed by atoms with Crippen molar-refractivity contribution in [3.8, 4) is 11.1 Å². The van der Waals surface area contributed by atoms with Crippen LogP contribution < -0.4 is 5.32 Å². The highest BCUT2D eigenvalue weighted by molar-refractivity contribution is 5.95. The molecule has 1 saturated heterocycles. The second-order valence-corrected chi connectivity index (χ2v) is 5.88. The Labute approximate surface area is 155 Å². The second-order valence-electron chi connectivity index (χ2n) is 5.88. The maximum absolute atomic E-state index is 12.7. The van der Waals surface area contributed by atoms with Crippen molar-refractivity contribution in [3.63, 3.8) is 0 Å². The number of amides is 1. The Morgan fingerprint density at radius 1 is 1.17 bits per heavy atom. The summed E-state index contributed by atoms with van der Waals surface area (Å²) in [6.45, 7) is 6.57. The second kappa shape index (κ2) is 9.02. The van der Waals surface area contributed by atoms with E-state index in [1.807, 2.05) is 17.2 Å². The molecular formula is C18H23Cl2N3O. The molecular weight excluding hydrogens is 345 g/mol. The molecule has 1 aromatic carbocycles. The first-order valence-electron chi connectivity index (χ1n) is 7.69. The van der Waals surface area contributed by atoms with Crippen LogP contribution in [0.25, 0.3) is 11.1 Å². The van der Waals surface area contributed by atoms with Crippen LogP contribution in [0.5, 0.6) is 0 Å². The molecule has 0 spiro atoms. The van der Waals surface area contributed by atoms with Gasteiger partial charge in [-0.15, -0.1) is 24.8 Å². The van der Waals surface area contributed by atoms with Crippen LogP contribution in [0.1, 0.15) is 22.8 Å². The van der Waals surface area contributed by atoms with E-state index in [4.69, 9.17) is 0 Å². The molecule has 2 aromatic rings. The van der Waals surface area contributed by atoms with Crippen LogP contribution in [0.4, 0.5) is 0 Å². The summed E-state index contributed by atoms with van der Waals surface area (Å²) in [6.07, 6.45) is 3.47. The minimum Gasteiger partial charge on any atom is -0.333 e. The average molecular weight is 368 g/mol. The number of pyridine rings is 1. The number of aromatic nitrogens is 1. The van der Waals surface area contributed by atoms with Crippen molar-refractivity contribution in [2.45, 2.75) is 19.9 Å². The van der Waals surface area contributed by atoms with Gasteiger partial charge in [0.05, 0.1) is 5.56 Å². The van der Waals surface area contributed by atoms with E-state index in [9.17, 15) is 4.79 Å². The van der Waals surface area contributed by atoms with Crippen molar-refractivity contribution in [2.24, 2.45) is 0 Å². The molecule has 0 radical (unpaired) electrons. The smallest absolute Gasteiger partial charge is 0.255 e. The van der Waals surface area contributed by atoms with E-state index in [1.54, 1.807) is 6.20 Å². The fourth-order valence-electron chi connectivity index (χ4n) is 2.77. The standard InChI is InChI=1S/C18H21N3O.2ClH/c1-13-3-5-15(6-4-13)16-9-17(12-20-11-16)18(22)21-8-7-19-10-14(21)2;;/h3-6,9,11-12,14,19H,7-8,10H2,1-2H3;2*1H/t14-;;/m0../s1. The number of nitrogens with one attached hydrogen (secondary N) is 1. The van der Waals surface area contributed by atoms with Gasteiger partial charge in [0, 0.05) is 43.6 Å². The predicted molar refractivity (Wildman–Crippen MR) is 102 cm³/mol. The van der Waals surface area contributed by atoms with Gasteiger partial charge in [0.15, 0.2) is 0 Å². The number of carbonyl (C=O) groups is 1. The van der Waals surface area contributed by atoms with E-state index in [0.717, 1.165) is 30.8 Å². The molecule has 0 unspecified atom stereocenters. The zero-order valence-electron chi connectivity index (χ0n) is 13.9. The fourth-order valence-corrected chi connectivity index (χ4v) is 2.77. The molecule has 1 atom stereocenters. The lowest BCUT2D eigenvalue weighted by Gasteiger charge is -2.34. The summed E-state index contributed by atoms with van der Waals surface area (Å²) in [7, 11) is 0. The van der Waals surface area contributed by atoms with Crippen LogP contribution in [0.2, 0.25) is 0 Å². The molecule has 1 amide bonds. The zero-order valence-corrected chi connectivity index (χ0v) is 15.5. The van der Waals surface area contributed by atoms with Gasteiger partial charge >= 0.3 is 0 Å². The van der Waals surface area contributed by atoms with Gasteiger partial charge in [0.25, 0.3) is 5.91 Å². The Bertz CT molecular complexity index is 676. The Balaban J connectivity index is 0.00000144. The lowest BCUT2D eigenvalue weighted by molar-refractivity contribution is 0.0655. The summed E-state index contributed by atoms with van der Waals surface area (Å²) in [5, 5.41) is 3.30. The molecule has 1 aromatic heterocycles. The summed E-state index contributed by atoms with van der Waals surface area (Å²) in [4.78, 5) is 18.9. The summed E-state index contributed by atoms with van der Waals surface area (Å²) >= 11 is 0. The van der Waals surface area contributed by atoms with E-state index in [0.29, 0.717) is 5.56 Å². The van der Waals surface area contributed by atoms with Crippen LogP contribution in [0, 0.1) is 6.92 Å². The molecule has 0 bridgehead atoms. The Kier molecular flexibility index (Phi) is 7.67. The first-order chi connectivity index (χ1) is 10.6. The van der Waals surface area contributed by atoms with Gasteiger partial charge in [-0.2, -0.15) is 0 Å². The molecule has 2 heterocycles. The minimum atomic E-state index is 0. The maximum atomic E-state index is 12.7. The Morgan fingerprint density at radius 3 is 2.54 bits per heavy atom. The van der Waals surface area contributed by atoms with E-state index in [1.165, 1.54) is 5.56 Å². The van der Waals surface area contributed by atoms with Gasteiger partial charge < -0.3 is 10.2 Å². The number of nitrogens with zero attached hydrogens (tertiary/aromatic N) is 2. The number of aryl methyl sites for hydroxylation is 1. The van der Waals surface area contributed by atoms with Gasteiger partial charge in [0.2, 0.25) is 0 Å². The van der Waals surface area contributed by atoms with E-state index in [2.05, 4.69) is 48.4 Å². The zero-order chi connectivity index (χ0) is 15.5. The number of benzene rings is 1. The number of piperazine rings is 1. The van der Waals surface area contributed by atoms with Crippen LogP contribution >= 0.6 is 24.8 Å². The summed E-state index contributed by atoms with van der Waals surface area (Å²) < 4.78 is 0. The average Bonchev–Trinajstić information content (AvgIpc) is 2.55. The number of halogens is 2. The fraction of sp³-hybridized carbons (Fsp3) is 0.333. The van der Waals surface area contributed by atoms with Crippen LogP contribution in [-0.2, 0) is 0 Å². The van der Waals surface area contributed by atoms with E-state index < -0.39 is 0 Å². The van der Waals surface area contributed by atoms with E-state index in [-0.39, 0.29) is 36.8 Å². The van der Waals surface area contributed by atoms with Crippen molar-refractivity contribution in [3.05, 3.63) is 53.9 Å². The molecule has 1 aliphatic heterocycles. The predicted octanol–water partition coefficient (Wildman–Crippen LogP) is 3.33. The Morgan fingerprint density at radius 2 is 1.88 bits per heavy atom. The molecule has 1 aliphatic rings. The lowest BCUT2D eigenvalue weighted by Crippen LogP contribution is -2.52. The monoisotopic (exact) mass is 367 g/mol. The van der Waals surface area contributed by atoms with Gasteiger partial charge in [-0.25, -0.2) is 0 Å². The lowest BCUT2D eigenvalue weighted by atomic mass is 10.0. The highest BCUT2D eigenvalue weighted by atomic mass is 35.5. The molecule has 24 heavy (non-hydrogen) atoms. The van der Waals surface area contributed by atoms with Gasteiger partial charge in [0.1, 0.15) is 0 Å². The SMILES string of the molecule is Cc1ccc(-c2cncc(C(=O)N3CCNC[C@@H]3C)c2)cc1.Cl.Cl. The normalized spacial score (nSPS) is 16.8. The highest BCUT2D eigenvalue weighted by Gasteiger charge is 2.24. The first kappa shape index (κ1) is 20.4. The quantitative estimate of drug-likeness (QED) is 0.885. The Hall–Kier alpha value is -1.62. The number of rotatable bonds is 2. The molecule has 1 fully saturated rings. The molecule has 0 aliphatic carbocycles. The highest BCUT2D eigenvalue weighted by Crippen LogP contribution is 2.21. The van der Waals surface area contributed by atoms with Crippen molar-refractivity contribution in [1.29, 1.82) is 0 Å². The maximum Gasteiger partial charge on any atom is 0.255 e. The van der Waals surface area contributed by atoms with Crippen LogP contribution in [0.3, 0.4) is 0 Å². The molecule has 6 heteroatoms. The summed E-state index contributed by atoms with van der Waals surface area (Å²) in [5.74, 6) is 0.0652. The van der Waals surface area contributed by atoms with Crippen LogP contribution in [-0.4, -0.2) is 41.5 Å². The first-order valence-corrected chi connectivity index (χ1v) is 7.69. The third-order valence-corrected chi connectivity index (χ3v) is 4.13. The van der Waals surface area contributed by atoms with Crippen molar-refractivity contribution in [1.82, 2.24) is 15.2 Å². The summed E-state index contributed by atoms with van der Waals surface area (Å²) in [5.41, 5.74) is 3.94. The topological polar surface area (TPSA) is 45.2 Å². The number of carbonyl (C=O) groups excluding carboxylic acids is 1. The molecule has 3 rings (SSSR count). The van der Waals surface area contributed by atoms with E-state index >= 15 is 0 Å². The third kappa shape index (κ3) is 4.47. The van der Waals surface area contributed by atoms with Crippen molar-refractivity contribution in [2.75, 3.05) is 19.6 Å². The van der Waals surface area contributed by atoms with Crippen molar-refractivity contribution < 1.29 is 4.79 Å². The summed E-state index contributed by atoms with van der Waals surface area (Å²) in [6, 6.07) is 10.4. The number of hydrogen-bond donors (Lipinski definition) is 1.